The summed E-state index contributed by atoms with van der Waals surface area (Å²) in [6.45, 7) is 6.21. The molecular formula is C65H98O6. The number of hydrogen-bond donors (Lipinski definition) is 0. The van der Waals surface area contributed by atoms with E-state index < -0.39 is 6.10 Å². The molecule has 0 aliphatic heterocycles. The molecule has 6 nitrogen and oxygen atoms in total. The van der Waals surface area contributed by atoms with Gasteiger partial charge in [-0.15, -0.1) is 0 Å². The van der Waals surface area contributed by atoms with Gasteiger partial charge in [0.1, 0.15) is 13.2 Å². The van der Waals surface area contributed by atoms with Crippen LogP contribution in [0.3, 0.4) is 0 Å². The van der Waals surface area contributed by atoms with Gasteiger partial charge >= 0.3 is 17.9 Å². The van der Waals surface area contributed by atoms with E-state index in [4.69, 9.17) is 14.2 Å². The van der Waals surface area contributed by atoms with Crippen LogP contribution in [0, 0.1) is 0 Å². The molecule has 0 rings (SSSR count). The lowest BCUT2D eigenvalue weighted by molar-refractivity contribution is -0.167. The minimum absolute atomic E-state index is 0.119. The standard InChI is InChI=1S/C65H98O6/c1-4-7-10-13-15-17-19-21-23-25-27-28-29-30-31-32-33-34-35-36-38-39-41-43-45-47-49-52-55-58-64(67)70-61-62(60-69-63(66)57-54-51-12-9-6-3)71-65(68)59-56-53-50-48-46-44-42-40-37-26-24-22-20-18-16-14-11-8-5-2/h7-8,10-11,15-18,21-24,27-28,30-31,33-34,36-38,40-41,43-44,46-47,49,62H,4-6,9,12-14,19-20,25-26,29,32,35,39,42,45,48,50-61H2,1-3H3/b10-7-,11-8-,17-15-,18-16-,23-21-,24-22-,28-27-,31-30-,34-33-,38-36-,40-37-,43-41-,46-44-,49-47-. The number of carbonyl (C=O) groups excluding carboxylic acids is 3. The molecule has 1 unspecified atom stereocenters. The van der Waals surface area contributed by atoms with Crippen LogP contribution in [-0.2, 0) is 28.6 Å². The maximum Gasteiger partial charge on any atom is 0.306 e. The van der Waals surface area contributed by atoms with Gasteiger partial charge in [-0.25, -0.2) is 0 Å². The van der Waals surface area contributed by atoms with Gasteiger partial charge in [0.25, 0.3) is 0 Å². The molecule has 0 bridgehead atoms. The molecule has 0 aliphatic rings. The Bertz CT molecular complexity index is 1690. The first kappa shape index (κ1) is 65.8. The van der Waals surface area contributed by atoms with Crippen molar-refractivity contribution in [3.63, 3.8) is 0 Å². The van der Waals surface area contributed by atoms with Crippen LogP contribution in [0.1, 0.15) is 201 Å². The molecule has 0 saturated heterocycles. The van der Waals surface area contributed by atoms with E-state index in [1.807, 2.05) is 0 Å². The first-order chi connectivity index (χ1) is 35.0. The van der Waals surface area contributed by atoms with Crippen LogP contribution in [-0.4, -0.2) is 37.2 Å². The average molecular weight is 975 g/mol. The summed E-state index contributed by atoms with van der Waals surface area (Å²) in [6.07, 6.45) is 85.3. The zero-order valence-electron chi connectivity index (χ0n) is 44.9. The average Bonchev–Trinajstić information content (AvgIpc) is 3.37. The first-order valence-electron chi connectivity index (χ1n) is 27.6. The second-order valence-corrected chi connectivity index (χ2v) is 17.4. The van der Waals surface area contributed by atoms with E-state index in [0.717, 1.165) is 148 Å². The van der Waals surface area contributed by atoms with Gasteiger partial charge in [0.05, 0.1) is 0 Å². The van der Waals surface area contributed by atoms with Gasteiger partial charge in [0.2, 0.25) is 0 Å². The number of esters is 3. The third-order valence-electron chi connectivity index (χ3n) is 10.7. The highest BCUT2D eigenvalue weighted by Gasteiger charge is 2.19. The molecule has 71 heavy (non-hydrogen) atoms. The normalized spacial score (nSPS) is 13.5. The summed E-state index contributed by atoms with van der Waals surface area (Å²) < 4.78 is 16.6. The predicted molar refractivity (Wildman–Crippen MR) is 306 cm³/mol. The Morgan fingerprint density at radius 3 is 0.901 bits per heavy atom. The number of unbranched alkanes of at least 4 members (excludes halogenated alkanes) is 8. The smallest absolute Gasteiger partial charge is 0.306 e. The largest absolute Gasteiger partial charge is 0.462 e. The fourth-order valence-electron chi connectivity index (χ4n) is 6.64. The van der Waals surface area contributed by atoms with Crippen LogP contribution < -0.4 is 0 Å². The van der Waals surface area contributed by atoms with Crippen molar-refractivity contribution in [2.75, 3.05) is 13.2 Å². The molecule has 0 fully saturated rings. The summed E-state index contributed by atoms with van der Waals surface area (Å²) in [4.78, 5) is 37.7. The SMILES string of the molecule is CC/C=C\C/C=C\C/C=C\C/C=C\C/C=C\C/C=C\C/C=C\C/C=C\C/C=C\CCCC(=O)OCC(COC(=O)CCCCCCC)OC(=O)CCCCC/C=C\C/C=C\C/C=C\C/C=C\C/C=C\CC. The highest BCUT2D eigenvalue weighted by Crippen LogP contribution is 2.11. The zero-order valence-corrected chi connectivity index (χ0v) is 44.9. The van der Waals surface area contributed by atoms with Crippen LogP contribution in [0.15, 0.2) is 170 Å². The van der Waals surface area contributed by atoms with E-state index in [9.17, 15) is 14.4 Å². The number of ether oxygens (including phenoxy) is 3. The summed E-state index contributed by atoms with van der Waals surface area (Å²) in [5.41, 5.74) is 0. The fraction of sp³-hybridized carbons (Fsp3) is 0.523. The Hall–Kier alpha value is -5.23. The molecule has 0 N–H and O–H groups in total. The lowest BCUT2D eigenvalue weighted by Crippen LogP contribution is -2.30. The topological polar surface area (TPSA) is 78.9 Å². The molecule has 394 valence electrons. The van der Waals surface area contributed by atoms with Crippen LogP contribution in [0.5, 0.6) is 0 Å². The van der Waals surface area contributed by atoms with Gasteiger partial charge in [0.15, 0.2) is 6.10 Å². The quantitative estimate of drug-likeness (QED) is 0.0262. The second-order valence-electron chi connectivity index (χ2n) is 17.4. The van der Waals surface area contributed by atoms with E-state index in [1.54, 1.807) is 0 Å². The van der Waals surface area contributed by atoms with Crippen LogP contribution in [0.2, 0.25) is 0 Å². The summed E-state index contributed by atoms with van der Waals surface area (Å²) in [6, 6.07) is 0. The van der Waals surface area contributed by atoms with Crippen LogP contribution >= 0.6 is 0 Å². The van der Waals surface area contributed by atoms with Gasteiger partial charge < -0.3 is 14.2 Å². The van der Waals surface area contributed by atoms with Gasteiger partial charge in [-0.2, -0.15) is 0 Å². The Labute approximate surface area is 434 Å². The van der Waals surface area contributed by atoms with Gasteiger partial charge in [-0.1, -0.05) is 223 Å². The van der Waals surface area contributed by atoms with Crippen molar-refractivity contribution in [1.82, 2.24) is 0 Å². The Balaban J connectivity index is 4.33. The van der Waals surface area contributed by atoms with Crippen molar-refractivity contribution in [1.29, 1.82) is 0 Å². The molecule has 1 atom stereocenters. The van der Waals surface area contributed by atoms with Crippen molar-refractivity contribution in [2.45, 2.75) is 207 Å². The van der Waals surface area contributed by atoms with E-state index in [-0.39, 0.29) is 44.0 Å². The molecule has 0 aromatic heterocycles. The molecule has 0 radical (unpaired) electrons. The van der Waals surface area contributed by atoms with Crippen LogP contribution in [0.4, 0.5) is 0 Å². The van der Waals surface area contributed by atoms with Gasteiger partial charge in [-0.05, 0) is 128 Å². The third kappa shape index (κ3) is 55.6. The maximum absolute atomic E-state index is 12.7. The Kier molecular flexibility index (Phi) is 53.1. The van der Waals surface area contributed by atoms with Gasteiger partial charge in [-0.3, -0.25) is 14.4 Å². The van der Waals surface area contributed by atoms with E-state index in [2.05, 4.69) is 191 Å². The molecular weight excluding hydrogens is 877 g/mol. The van der Waals surface area contributed by atoms with E-state index >= 15 is 0 Å². The summed E-state index contributed by atoms with van der Waals surface area (Å²) in [7, 11) is 0. The third-order valence-corrected chi connectivity index (χ3v) is 10.7. The molecule has 6 heteroatoms. The van der Waals surface area contributed by atoms with Gasteiger partial charge in [0, 0.05) is 19.3 Å². The molecule has 0 aromatic rings. The molecule has 0 saturated carbocycles. The number of rotatable bonds is 47. The molecule has 0 spiro atoms. The predicted octanol–water partition coefficient (Wildman–Crippen LogP) is 18.8. The van der Waals surface area contributed by atoms with Crippen molar-refractivity contribution < 1.29 is 28.6 Å². The van der Waals surface area contributed by atoms with Crippen molar-refractivity contribution >= 4 is 17.9 Å². The highest BCUT2D eigenvalue weighted by molar-refractivity contribution is 5.71. The first-order valence-corrected chi connectivity index (χ1v) is 27.6. The zero-order chi connectivity index (χ0) is 51.4. The summed E-state index contributed by atoms with van der Waals surface area (Å²) in [5, 5.41) is 0. The highest BCUT2D eigenvalue weighted by atomic mass is 16.6. The number of hydrogen-bond acceptors (Lipinski definition) is 6. The lowest BCUT2D eigenvalue weighted by atomic mass is 10.1. The van der Waals surface area contributed by atoms with Crippen molar-refractivity contribution in [2.24, 2.45) is 0 Å². The minimum Gasteiger partial charge on any atom is -0.462 e. The second kappa shape index (κ2) is 57.3. The van der Waals surface area contributed by atoms with E-state index in [0.29, 0.717) is 19.3 Å². The molecule has 0 amide bonds. The Morgan fingerprint density at radius 2 is 0.563 bits per heavy atom. The lowest BCUT2D eigenvalue weighted by Gasteiger charge is -2.18. The van der Waals surface area contributed by atoms with Crippen LogP contribution in [0.25, 0.3) is 0 Å². The van der Waals surface area contributed by atoms with Crippen molar-refractivity contribution in [3.8, 4) is 0 Å². The molecule has 0 aromatic carbocycles. The van der Waals surface area contributed by atoms with E-state index in [1.165, 1.54) is 0 Å². The molecule has 0 heterocycles. The Morgan fingerprint density at radius 1 is 0.296 bits per heavy atom. The van der Waals surface area contributed by atoms with Crippen molar-refractivity contribution in [3.05, 3.63) is 170 Å². The summed E-state index contributed by atoms with van der Waals surface area (Å²) >= 11 is 0. The number of carbonyl (C=O) groups is 3. The monoisotopic (exact) mass is 975 g/mol. The fourth-order valence-corrected chi connectivity index (χ4v) is 6.64. The number of allylic oxidation sites excluding steroid dienone is 28. The summed E-state index contributed by atoms with van der Waals surface area (Å²) in [5.74, 6) is -1.04. The molecule has 0 aliphatic carbocycles. The maximum atomic E-state index is 12.7. The minimum atomic E-state index is -0.824.